The zero-order valence-corrected chi connectivity index (χ0v) is 12.9. The smallest absolute Gasteiger partial charge is 0.106 e. The van der Waals surface area contributed by atoms with E-state index in [9.17, 15) is 0 Å². The molecule has 1 unspecified atom stereocenters. The van der Waals surface area contributed by atoms with E-state index in [1.165, 1.54) is 16.7 Å². The summed E-state index contributed by atoms with van der Waals surface area (Å²) in [6.45, 7) is 3.99. The fourth-order valence-corrected chi connectivity index (χ4v) is 3.85. The molecule has 0 saturated carbocycles. The third-order valence-corrected chi connectivity index (χ3v) is 5.04. The molecule has 3 heteroatoms. The molecule has 1 aromatic heterocycles. The third-order valence-electron chi connectivity index (χ3n) is 5.04. The first kappa shape index (κ1) is 13.9. The van der Waals surface area contributed by atoms with Gasteiger partial charge < -0.3 is 4.74 Å². The molecule has 0 radical (unpaired) electrons. The monoisotopic (exact) mass is 294 g/mol. The van der Waals surface area contributed by atoms with E-state index in [1.807, 2.05) is 12.4 Å². The molecule has 2 aliphatic rings. The molecule has 0 amide bonds. The van der Waals surface area contributed by atoms with Crippen LogP contribution in [0.3, 0.4) is 0 Å². The van der Waals surface area contributed by atoms with E-state index in [4.69, 9.17) is 4.74 Å². The van der Waals surface area contributed by atoms with E-state index >= 15 is 0 Å². The fraction of sp³-hybridized carbons (Fsp3) is 0.421. The number of aryl methyl sites for hydroxylation is 1. The first-order valence-electron chi connectivity index (χ1n) is 8.19. The minimum atomic E-state index is -0.0624. The normalized spacial score (nSPS) is 24.5. The van der Waals surface area contributed by atoms with Gasteiger partial charge in [0.1, 0.15) is 5.60 Å². The van der Waals surface area contributed by atoms with E-state index < -0.39 is 0 Å². The zero-order valence-electron chi connectivity index (χ0n) is 12.9. The van der Waals surface area contributed by atoms with E-state index in [2.05, 4.69) is 46.3 Å². The van der Waals surface area contributed by atoms with Crippen molar-refractivity contribution in [1.82, 2.24) is 9.88 Å². The predicted molar refractivity (Wildman–Crippen MR) is 86.8 cm³/mol. The van der Waals surface area contributed by atoms with Gasteiger partial charge in [-0.05, 0) is 48.1 Å². The van der Waals surface area contributed by atoms with Gasteiger partial charge in [-0.15, -0.1) is 0 Å². The van der Waals surface area contributed by atoms with Crippen molar-refractivity contribution in [3.63, 3.8) is 0 Å². The van der Waals surface area contributed by atoms with Crippen LogP contribution in [0.25, 0.3) is 0 Å². The largest absolute Gasteiger partial charge is 0.368 e. The third kappa shape index (κ3) is 2.55. The maximum atomic E-state index is 6.28. The summed E-state index contributed by atoms with van der Waals surface area (Å²) < 4.78 is 6.28. The van der Waals surface area contributed by atoms with Gasteiger partial charge in [0.15, 0.2) is 0 Å². The number of benzene rings is 1. The van der Waals surface area contributed by atoms with Crippen LogP contribution in [0.2, 0.25) is 0 Å². The lowest BCUT2D eigenvalue weighted by Gasteiger charge is -2.41. The Balaban J connectivity index is 1.47. The lowest BCUT2D eigenvalue weighted by molar-refractivity contribution is -0.113. The highest BCUT2D eigenvalue weighted by molar-refractivity contribution is 5.38. The molecule has 1 spiro atoms. The van der Waals surface area contributed by atoms with Crippen LogP contribution in [-0.2, 0) is 23.2 Å². The quantitative estimate of drug-likeness (QED) is 0.870. The first-order valence-corrected chi connectivity index (χ1v) is 8.19. The van der Waals surface area contributed by atoms with Gasteiger partial charge >= 0.3 is 0 Å². The Morgan fingerprint density at radius 1 is 1.14 bits per heavy atom. The molecule has 0 N–H and O–H groups in total. The highest BCUT2D eigenvalue weighted by Gasteiger charge is 2.42. The number of nitrogens with zero attached hydrogens (tertiary/aromatic N) is 2. The Morgan fingerprint density at radius 3 is 2.91 bits per heavy atom. The van der Waals surface area contributed by atoms with E-state index in [0.29, 0.717) is 0 Å². The first-order chi connectivity index (χ1) is 10.9. The van der Waals surface area contributed by atoms with Crippen LogP contribution in [0.4, 0.5) is 0 Å². The second-order valence-electron chi connectivity index (χ2n) is 6.38. The van der Waals surface area contributed by atoms with Crippen molar-refractivity contribution in [3.8, 4) is 0 Å². The van der Waals surface area contributed by atoms with Crippen LogP contribution in [0.1, 0.15) is 23.1 Å². The summed E-state index contributed by atoms with van der Waals surface area (Å²) >= 11 is 0. The Morgan fingerprint density at radius 2 is 2.00 bits per heavy atom. The van der Waals surface area contributed by atoms with Gasteiger partial charge in [0.25, 0.3) is 0 Å². The van der Waals surface area contributed by atoms with Gasteiger partial charge in [-0.2, -0.15) is 0 Å². The van der Waals surface area contributed by atoms with Crippen molar-refractivity contribution >= 4 is 0 Å². The van der Waals surface area contributed by atoms with Crippen molar-refractivity contribution < 1.29 is 4.74 Å². The molecule has 1 aliphatic heterocycles. The summed E-state index contributed by atoms with van der Waals surface area (Å²) in [6, 6.07) is 13.0. The number of aromatic nitrogens is 1. The van der Waals surface area contributed by atoms with Crippen molar-refractivity contribution in [2.75, 3.05) is 26.2 Å². The van der Waals surface area contributed by atoms with Crippen molar-refractivity contribution in [3.05, 3.63) is 65.5 Å². The van der Waals surface area contributed by atoms with E-state index in [1.54, 1.807) is 0 Å². The molecule has 22 heavy (non-hydrogen) atoms. The summed E-state index contributed by atoms with van der Waals surface area (Å²) in [6.07, 6.45) is 7.11. The van der Waals surface area contributed by atoms with Crippen LogP contribution in [0.15, 0.2) is 48.8 Å². The minimum Gasteiger partial charge on any atom is -0.368 e. The number of pyridine rings is 1. The van der Waals surface area contributed by atoms with Gasteiger partial charge in [-0.3, -0.25) is 9.88 Å². The average molecular weight is 294 g/mol. The molecule has 1 atom stereocenters. The number of ether oxygens (including phenoxy) is 1. The molecule has 0 bridgehead atoms. The number of morpholine rings is 1. The van der Waals surface area contributed by atoms with E-state index in [0.717, 1.165) is 45.5 Å². The molecule has 4 rings (SSSR count). The Labute approximate surface area is 131 Å². The number of hydrogen-bond acceptors (Lipinski definition) is 3. The Kier molecular flexibility index (Phi) is 3.68. The highest BCUT2D eigenvalue weighted by atomic mass is 16.5. The second kappa shape index (κ2) is 5.82. The van der Waals surface area contributed by atoms with Gasteiger partial charge in [-0.25, -0.2) is 0 Å². The molecular formula is C19H22N2O. The van der Waals surface area contributed by atoms with E-state index in [-0.39, 0.29) is 5.60 Å². The number of fused-ring (bicyclic) bond motifs is 2. The number of hydrogen-bond donors (Lipinski definition) is 0. The van der Waals surface area contributed by atoms with Gasteiger partial charge in [0.2, 0.25) is 0 Å². The standard InChI is InChI=1S/C19H22N2O/c1-2-4-18-17(3-1)5-9-19(18)15-21(13-14-22-19)12-8-16-6-10-20-11-7-16/h1-4,6-7,10-11H,5,8-9,12-15H2. The predicted octanol–water partition coefficient (Wildman–Crippen LogP) is 2.80. The maximum Gasteiger partial charge on any atom is 0.106 e. The molecular weight excluding hydrogens is 272 g/mol. The summed E-state index contributed by atoms with van der Waals surface area (Å²) in [7, 11) is 0. The Hall–Kier alpha value is -1.71. The van der Waals surface area contributed by atoms with Crippen LogP contribution in [0, 0.1) is 0 Å². The van der Waals surface area contributed by atoms with Gasteiger partial charge in [0.05, 0.1) is 6.61 Å². The van der Waals surface area contributed by atoms with Crippen LogP contribution in [-0.4, -0.2) is 36.1 Å². The molecule has 114 valence electrons. The zero-order chi connectivity index (χ0) is 14.8. The molecule has 1 saturated heterocycles. The molecule has 1 aromatic carbocycles. The van der Waals surface area contributed by atoms with Crippen LogP contribution < -0.4 is 0 Å². The SMILES string of the molecule is c1ccc2c(c1)CCC21CN(CCc2ccncc2)CCO1. The second-order valence-corrected chi connectivity index (χ2v) is 6.38. The lowest BCUT2D eigenvalue weighted by atomic mass is 9.93. The van der Waals surface area contributed by atoms with Crippen molar-refractivity contribution in [2.45, 2.75) is 24.9 Å². The Bertz CT molecular complexity index is 639. The van der Waals surface area contributed by atoms with Crippen molar-refractivity contribution in [1.29, 1.82) is 0 Å². The summed E-state index contributed by atoms with van der Waals surface area (Å²) in [5.41, 5.74) is 4.19. The summed E-state index contributed by atoms with van der Waals surface area (Å²) in [5, 5.41) is 0. The van der Waals surface area contributed by atoms with Crippen LogP contribution in [0.5, 0.6) is 0 Å². The summed E-state index contributed by atoms with van der Waals surface area (Å²) in [4.78, 5) is 6.65. The number of rotatable bonds is 3. The highest BCUT2D eigenvalue weighted by Crippen LogP contribution is 2.42. The van der Waals surface area contributed by atoms with Crippen LogP contribution >= 0.6 is 0 Å². The average Bonchev–Trinajstić information content (AvgIpc) is 2.93. The summed E-state index contributed by atoms with van der Waals surface area (Å²) in [5.74, 6) is 0. The fourth-order valence-electron chi connectivity index (χ4n) is 3.85. The van der Waals surface area contributed by atoms with Gasteiger partial charge in [0, 0.05) is 32.0 Å². The minimum absolute atomic E-state index is 0.0624. The molecule has 1 aliphatic carbocycles. The molecule has 1 fully saturated rings. The van der Waals surface area contributed by atoms with Gasteiger partial charge in [-0.1, -0.05) is 24.3 Å². The maximum absolute atomic E-state index is 6.28. The topological polar surface area (TPSA) is 25.4 Å². The molecule has 2 aromatic rings. The van der Waals surface area contributed by atoms with Crippen molar-refractivity contribution in [2.24, 2.45) is 0 Å². The molecule has 2 heterocycles. The lowest BCUT2D eigenvalue weighted by Crippen LogP contribution is -2.49. The molecule has 3 nitrogen and oxygen atoms in total.